The average molecular weight is 335 g/mol. The molecule has 0 bridgehead atoms. The van der Waals surface area contributed by atoms with E-state index in [1.807, 2.05) is 0 Å². The fraction of sp³-hybridized carbons (Fsp3) is 0.667. The number of phosphoric acid groups is 1. The molecule has 3 aliphatic heterocycles. The fourth-order valence-corrected chi connectivity index (χ4v) is 2.85. The van der Waals surface area contributed by atoms with Gasteiger partial charge in [0.2, 0.25) is 0 Å². The highest BCUT2D eigenvalue weighted by Crippen LogP contribution is 2.42. The number of hydrogen-bond donors (Lipinski definition) is 5. The molecule has 3 heterocycles. The first kappa shape index (κ1) is 15.5. The lowest BCUT2D eigenvalue weighted by molar-refractivity contribution is -0.143. The summed E-state index contributed by atoms with van der Waals surface area (Å²) in [5.74, 6) is 0.231. The zero-order chi connectivity index (χ0) is 16.1. The van der Waals surface area contributed by atoms with E-state index in [2.05, 4.69) is 19.5 Å². The molecule has 3 aliphatic rings. The second-order valence-electron chi connectivity index (χ2n) is 4.86. The first-order valence-electron chi connectivity index (χ1n) is 6.19. The van der Waals surface area contributed by atoms with E-state index in [1.165, 1.54) is 17.6 Å². The number of fused-ring (bicyclic) bond motifs is 1. The molecule has 0 spiro atoms. The van der Waals surface area contributed by atoms with Crippen molar-refractivity contribution in [1.29, 1.82) is 0 Å². The summed E-state index contributed by atoms with van der Waals surface area (Å²) >= 11 is 0. The third-order valence-corrected chi connectivity index (χ3v) is 3.89. The van der Waals surface area contributed by atoms with Crippen molar-refractivity contribution in [3.05, 3.63) is 0 Å². The smallest absolute Gasteiger partial charge is 0.385 e. The van der Waals surface area contributed by atoms with E-state index in [-0.39, 0.29) is 5.84 Å². The van der Waals surface area contributed by atoms with Gasteiger partial charge in [-0.15, -0.1) is 0 Å². The van der Waals surface area contributed by atoms with Crippen LogP contribution < -0.4 is 5.73 Å². The average Bonchev–Trinajstić information content (AvgIpc) is 2.95. The van der Waals surface area contributed by atoms with Crippen LogP contribution in [0.15, 0.2) is 15.0 Å². The summed E-state index contributed by atoms with van der Waals surface area (Å²) < 4.78 is 20.3. The highest BCUT2D eigenvalue weighted by Gasteiger charge is 2.51. The van der Waals surface area contributed by atoms with Crippen LogP contribution in [0.25, 0.3) is 0 Å². The van der Waals surface area contributed by atoms with E-state index >= 15 is 0 Å². The van der Waals surface area contributed by atoms with Gasteiger partial charge in [0.25, 0.3) is 0 Å². The predicted molar refractivity (Wildman–Crippen MR) is 71.8 cm³/mol. The Labute approximate surface area is 123 Å². The molecule has 1 saturated heterocycles. The molecule has 0 amide bonds. The Kier molecular flexibility index (Phi) is 3.77. The van der Waals surface area contributed by atoms with Crippen LogP contribution in [0.5, 0.6) is 0 Å². The van der Waals surface area contributed by atoms with E-state index in [0.717, 1.165) is 0 Å². The molecule has 1 fully saturated rings. The van der Waals surface area contributed by atoms with Crippen LogP contribution in [0, 0.1) is 0 Å². The highest BCUT2D eigenvalue weighted by atomic mass is 31.2. The minimum atomic E-state index is -4.89. The zero-order valence-corrected chi connectivity index (χ0v) is 11.8. The quantitative estimate of drug-likeness (QED) is 0.334. The van der Waals surface area contributed by atoms with Gasteiger partial charge in [0.05, 0.1) is 6.34 Å². The van der Waals surface area contributed by atoms with Crippen LogP contribution >= 0.6 is 7.82 Å². The van der Waals surface area contributed by atoms with E-state index in [4.69, 9.17) is 20.3 Å². The van der Waals surface area contributed by atoms with Crippen LogP contribution in [0.2, 0.25) is 0 Å². The Balaban J connectivity index is 1.76. The van der Waals surface area contributed by atoms with Crippen molar-refractivity contribution in [2.45, 2.75) is 36.9 Å². The Hall–Kier alpha value is -1.40. The number of aliphatic imine (C=N–C) groups is 3. The highest BCUT2D eigenvalue weighted by molar-refractivity contribution is 7.46. The summed E-state index contributed by atoms with van der Waals surface area (Å²) in [4.78, 5) is 30.9. The van der Waals surface area contributed by atoms with Gasteiger partial charge < -0.3 is 35.4 Å². The van der Waals surface area contributed by atoms with Gasteiger partial charge in [-0.3, -0.25) is 9.52 Å². The van der Waals surface area contributed by atoms with Crippen LogP contribution in [-0.2, 0) is 13.8 Å². The normalized spacial score (nSPS) is 40.9. The van der Waals surface area contributed by atoms with E-state index in [1.54, 1.807) is 0 Å². The number of hydrogen-bond acceptors (Lipinski definition) is 10. The van der Waals surface area contributed by atoms with Gasteiger partial charge in [-0.05, 0) is 0 Å². The van der Waals surface area contributed by atoms with Gasteiger partial charge in [0, 0.05) is 0 Å². The molecule has 3 rings (SSSR count). The minimum absolute atomic E-state index is 0.231. The third kappa shape index (κ3) is 2.65. The van der Waals surface area contributed by atoms with Gasteiger partial charge in [-0.2, -0.15) is 0 Å². The van der Waals surface area contributed by atoms with Crippen molar-refractivity contribution in [3.63, 3.8) is 0 Å². The molecule has 6 N–H and O–H groups in total. The molecule has 4 unspecified atom stereocenters. The maximum Gasteiger partial charge on any atom is 0.472 e. The molecular formula is C9H14N5O7P. The van der Waals surface area contributed by atoms with Crippen LogP contribution in [-0.4, -0.2) is 80.3 Å². The number of amidine groups is 1. The lowest BCUT2D eigenvalue weighted by atomic mass is 10.1. The third-order valence-electron chi connectivity index (χ3n) is 3.41. The lowest BCUT2D eigenvalue weighted by Crippen LogP contribution is -2.51. The molecule has 6 atom stereocenters. The molecule has 0 aromatic carbocycles. The molecule has 0 saturated carbocycles. The van der Waals surface area contributed by atoms with Crippen molar-refractivity contribution < 1.29 is 33.8 Å². The van der Waals surface area contributed by atoms with E-state index in [0.29, 0.717) is 0 Å². The van der Waals surface area contributed by atoms with Gasteiger partial charge in [-0.1, -0.05) is 0 Å². The zero-order valence-electron chi connectivity index (χ0n) is 10.9. The monoisotopic (exact) mass is 335 g/mol. The molecule has 0 aliphatic carbocycles. The molecule has 0 aromatic heterocycles. The summed E-state index contributed by atoms with van der Waals surface area (Å²) in [6.45, 7) is 0. The topological polar surface area (TPSA) is 183 Å². The number of rotatable bonds is 3. The van der Waals surface area contributed by atoms with Crippen molar-refractivity contribution in [3.8, 4) is 0 Å². The molecular weight excluding hydrogens is 321 g/mol. The van der Waals surface area contributed by atoms with Crippen molar-refractivity contribution in [1.82, 2.24) is 4.90 Å². The number of aliphatic hydroxyl groups is 2. The Morgan fingerprint density at radius 2 is 2.05 bits per heavy atom. The molecule has 0 radical (unpaired) electrons. The first-order chi connectivity index (χ1) is 10.3. The van der Waals surface area contributed by atoms with Crippen LogP contribution in [0.1, 0.15) is 0 Å². The standard InChI is InChI=1S/C9H14N5O7P/c10-6-3-7(12-1-11-6)14(2-13-3)8-4(15)5(16)9(20-8)21-22(17,18)19/h1-5,7-9,15-16H,(H2,10,11,12)(H2,17,18,19)/t3?,4?,5?,7?,8-,9-/m1/s1. The second kappa shape index (κ2) is 5.35. The van der Waals surface area contributed by atoms with Crippen LogP contribution in [0.4, 0.5) is 0 Å². The predicted octanol–water partition coefficient (Wildman–Crippen LogP) is -3.06. The lowest BCUT2D eigenvalue weighted by Gasteiger charge is -2.31. The van der Waals surface area contributed by atoms with Gasteiger partial charge in [-0.25, -0.2) is 14.5 Å². The van der Waals surface area contributed by atoms with E-state index < -0.39 is 44.8 Å². The molecule has 13 heteroatoms. The minimum Gasteiger partial charge on any atom is -0.385 e. The summed E-state index contributed by atoms with van der Waals surface area (Å²) in [5, 5.41) is 19.8. The first-order valence-corrected chi connectivity index (χ1v) is 7.72. The van der Waals surface area contributed by atoms with Crippen molar-refractivity contribution in [2.24, 2.45) is 20.7 Å². The number of phosphoric ester groups is 1. The second-order valence-corrected chi connectivity index (χ2v) is 6.05. The molecule has 12 nitrogen and oxygen atoms in total. The molecule has 122 valence electrons. The maximum atomic E-state index is 10.8. The largest absolute Gasteiger partial charge is 0.472 e. The summed E-state index contributed by atoms with van der Waals surface area (Å²) in [6.07, 6.45) is -4.06. The summed E-state index contributed by atoms with van der Waals surface area (Å²) in [6, 6.07) is -0.556. The van der Waals surface area contributed by atoms with Gasteiger partial charge >= 0.3 is 7.82 Å². The Morgan fingerprint density at radius 3 is 2.73 bits per heavy atom. The summed E-state index contributed by atoms with van der Waals surface area (Å²) in [7, 11) is -4.89. The Bertz CT molecular complexity index is 591. The van der Waals surface area contributed by atoms with Gasteiger partial charge in [0.15, 0.2) is 18.7 Å². The fourth-order valence-electron chi connectivity index (χ4n) is 2.40. The van der Waals surface area contributed by atoms with E-state index in [9.17, 15) is 14.8 Å². The number of ether oxygens (including phenoxy) is 1. The molecule has 22 heavy (non-hydrogen) atoms. The Morgan fingerprint density at radius 1 is 1.32 bits per heavy atom. The number of nitrogens with zero attached hydrogens (tertiary/aromatic N) is 4. The number of nitrogens with two attached hydrogens (primary N) is 1. The summed E-state index contributed by atoms with van der Waals surface area (Å²) in [5.41, 5.74) is 5.69. The van der Waals surface area contributed by atoms with Gasteiger partial charge in [0.1, 0.15) is 30.4 Å². The molecule has 0 aromatic rings. The maximum absolute atomic E-state index is 10.8. The van der Waals surface area contributed by atoms with Crippen LogP contribution in [0.3, 0.4) is 0 Å². The SMILES string of the molecule is NC1=NC=NC2C1N=CN2[C@@H]1O[C@H](OP(=O)(O)O)C(O)C1O. The number of aliphatic hydroxyl groups excluding tert-OH is 2. The van der Waals surface area contributed by atoms with Crippen molar-refractivity contribution >= 4 is 26.3 Å². The van der Waals surface area contributed by atoms with Crippen molar-refractivity contribution in [2.75, 3.05) is 0 Å².